The van der Waals surface area contributed by atoms with Crippen molar-refractivity contribution in [3.8, 4) is 0 Å². The third-order valence-corrected chi connectivity index (χ3v) is 5.65. The van der Waals surface area contributed by atoms with E-state index in [0.717, 1.165) is 5.56 Å². The maximum absolute atomic E-state index is 12.8. The van der Waals surface area contributed by atoms with Gasteiger partial charge in [-0.05, 0) is 39.3 Å². The van der Waals surface area contributed by atoms with Crippen molar-refractivity contribution in [2.24, 2.45) is 0 Å². The molecular weight excluding hydrogens is 334 g/mol. The second-order valence-electron chi connectivity index (χ2n) is 7.35. The summed E-state index contributed by atoms with van der Waals surface area (Å²) in [6.07, 6.45) is 0. The molecule has 2 rings (SSSR count). The summed E-state index contributed by atoms with van der Waals surface area (Å²) in [7, 11) is -3.73. The zero-order valence-corrected chi connectivity index (χ0v) is 16.1. The maximum Gasteiger partial charge on any atom is 0.241 e. The Bertz CT molecular complexity index is 866. The van der Waals surface area contributed by atoms with Gasteiger partial charge in [0, 0.05) is 17.0 Å². The zero-order chi connectivity index (χ0) is 18.8. The molecule has 0 saturated heterocycles. The number of nitrogens with one attached hydrogen (secondary N) is 1. The van der Waals surface area contributed by atoms with E-state index in [1.165, 1.54) is 0 Å². The van der Waals surface area contributed by atoms with Crippen molar-refractivity contribution in [1.82, 2.24) is 4.72 Å². The van der Waals surface area contributed by atoms with Crippen molar-refractivity contribution >= 4 is 15.8 Å². The first-order valence-corrected chi connectivity index (χ1v) is 9.73. The zero-order valence-electron chi connectivity index (χ0n) is 15.3. The molecule has 1 unspecified atom stereocenters. The molecule has 0 heterocycles. The van der Waals surface area contributed by atoms with Crippen LogP contribution in [0.2, 0.25) is 0 Å². The van der Waals surface area contributed by atoms with Gasteiger partial charge < -0.3 is 0 Å². The van der Waals surface area contributed by atoms with E-state index in [1.807, 2.05) is 13.0 Å². The minimum Gasteiger partial charge on any atom is -0.294 e. The first kappa shape index (κ1) is 19.3. The van der Waals surface area contributed by atoms with Crippen molar-refractivity contribution in [3.63, 3.8) is 0 Å². The monoisotopic (exact) mass is 359 g/mol. The number of benzene rings is 2. The van der Waals surface area contributed by atoms with Crippen LogP contribution in [0.15, 0.2) is 53.4 Å². The molecule has 1 N–H and O–H groups in total. The average Bonchev–Trinajstić information content (AvgIpc) is 2.51. The number of ketones is 1. The molecule has 0 bridgehead atoms. The smallest absolute Gasteiger partial charge is 0.241 e. The summed E-state index contributed by atoms with van der Waals surface area (Å²) < 4.78 is 28.3. The minimum absolute atomic E-state index is 0.0987. The standard InChI is InChI=1S/C20H25NO3S/c1-14-11-12-18(25(23,24)21-20(3,4)5)17(13-14)15(2)19(22)16-9-7-6-8-10-16/h6-13,15,21H,1-5H3. The van der Waals surface area contributed by atoms with Crippen LogP contribution in [0.25, 0.3) is 0 Å². The molecule has 0 aliphatic heterocycles. The quantitative estimate of drug-likeness (QED) is 0.819. The highest BCUT2D eigenvalue weighted by molar-refractivity contribution is 7.89. The largest absolute Gasteiger partial charge is 0.294 e. The molecular formula is C20H25NO3S. The molecule has 0 amide bonds. The predicted octanol–water partition coefficient (Wildman–Crippen LogP) is 4.06. The van der Waals surface area contributed by atoms with Crippen LogP contribution >= 0.6 is 0 Å². The topological polar surface area (TPSA) is 63.2 Å². The summed E-state index contributed by atoms with van der Waals surface area (Å²) in [6.45, 7) is 9.00. The lowest BCUT2D eigenvalue weighted by molar-refractivity contribution is 0.0965. The molecule has 0 spiro atoms. The lowest BCUT2D eigenvalue weighted by atomic mass is 9.91. The van der Waals surface area contributed by atoms with Gasteiger partial charge in [0.05, 0.1) is 4.90 Å². The summed E-state index contributed by atoms with van der Waals surface area (Å²) in [5.74, 6) is -0.660. The number of hydrogen-bond acceptors (Lipinski definition) is 3. The van der Waals surface area contributed by atoms with Crippen molar-refractivity contribution in [1.29, 1.82) is 0 Å². The van der Waals surface area contributed by atoms with Gasteiger partial charge >= 0.3 is 0 Å². The number of rotatable bonds is 5. The predicted molar refractivity (Wildman–Crippen MR) is 100 cm³/mol. The Morgan fingerprint density at radius 1 is 1.04 bits per heavy atom. The molecule has 25 heavy (non-hydrogen) atoms. The van der Waals surface area contributed by atoms with E-state index in [9.17, 15) is 13.2 Å². The maximum atomic E-state index is 12.8. The third kappa shape index (κ3) is 4.77. The highest BCUT2D eigenvalue weighted by Gasteiger charge is 2.28. The van der Waals surface area contributed by atoms with Crippen molar-refractivity contribution in [2.75, 3.05) is 0 Å². The van der Waals surface area contributed by atoms with Crippen molar-refractivity contribution in [2.45, 2.75) is 51.0 Å². The number of carbonyl (C=O) groups is 1. The van der Waals surface area contributed by atoms with Crippen molar-refractivity contribution < 1.29 is 13.2 Å². The molecule has 0 fully saturated rings. The van der Waals surface area contributed by atoms with Gasteiger partial charge in [-0.25, -0.2) is 13.1 Å². The molecule has 2 aromatic rings. The average molecular weight is 359 g/mol. The Labute approximate surface area is 150 Å². The van der Waals surface area contributed by atoms with Gasteiger partial charge in [-0.1, -0.05) is 55.0 Å². The van der Waals surface area contributed by atoms with E-state index in [1.54, 1.807) is 70.2 Å². The van der Waals surface area contributed by atoms with Gasteiger partial charge in [0.2, 0.25) is 10.0 Å². The van der Waals surface area contributed by atoms with E-state index in [2.05, 4.69) is 4.72 Å². The van der Waals surface area contributed by atoms with Gasteiger partial charge in [0.1, 0.15) is 0 Å². The highest BCUT2D eigenvalue weighted by Crippen LogP contribution is 2.28. The number of sulfonamides is 1. The van der Waals surface area contributed by atoms with E-state index in [0.29, 0.717) is 11.1 Å². The Morgan fingerprint density at radius 2 is 1.64 bits per heavy atom. The van der Waals surface area contributed by atoms with Gasteiger partial charge in [0.15, 0.2) is 5.78 Å². The lowest BCUT2D eigenvalue weighted by Crippen LogP contribution is -2.41. The van der Waals surface area contributed by atoms with Crippen LogP contribution in [0.1, 0.15) is 55.1 Å². The molecule has 0 saturated carbocycles. The number of hydrogen-bond donors (Lipinski definition) is 1. The van der Waals surface area contributed by atoms with E-state index >= 15 is 0 Å². The van der Waals surface area contributed by atoms with Crippen LogP contribution in [0.5, 0.6) is 0 Å². The molecule has 0 aromatic heterocycles. The van der Waals surface area contributed by atoms with E-state index < -0.39 is 21.5 Å². The normalized spacial score (nSPS) is 13.5. The summed E-state index contributed by atoms with van der Waals surface area (Å²) >= 11 is 0. The Hall–Kier alpha value is -1.98. The molecule has 0 aliphatic carbocycles. The fourth-order valence-corrected chi connectivity index (χ4v) is 4.41. The second kappa shape index (κ2) is 7.10. The van der Waals surface area contributed by atoms with E-state index in [-0.39, 0.29) is 10.7 Å². The van der Waals surface area contributed by atoms with Crippen LogP contribution in [0, 0.1) is 6.92 Å². The van der Waals surface area contributed by atoms with Gasteiger partial charge in [-0.15, -0.1) is 0 Å². The van der Waals surface area contributed by atoms with Crippen LogP contribution in [0.3, 0.4) is 0 Å². The minimum atomic E-state index is -3.73. The van der Waals surface area contributed by atoms with Crippen LogP contribution < -0.4 is 4.72 Å². The lowest BCUT2D eigenvalue weighted by Gasteiger charge is -2.23. The summed E-state index contributed by atoms with van der Waals surface area (Å²) in [4.78, 5) is 13.0. The molecule has 2 aromatic carbocycles. The Kier molecular flexibility index (Phi) is 5.49. The third-order valence-electron chi connectivity index (χ3n) is 3.81. The number of aryl methyl sites for hydroxylation is 1. The second-order valence-corrected chi connectivity index (χ2v) is 9.00. The summed E-state index contributed by atoms with van der Waals surface area (Å²) in [5.41, 5.74) is 1.40. The molecule has 4 nitrogen and oxygen atoms in total. The molecule has 5 heteroatoms. The Balaban J connectivity index is 2.51. The molecule has 0 aliphatic rings. The summed E-state index contributed by atoms with van der Waals surface area (Å²) in [5, 5.41) is 0. The number of carbonyl (C=O) groups excluding carboxylic acids is 1. The highest BCUT2D eigenvalue weighted by atomic mass is 32.2. The van der Waals surface area contributed by atoms with Crippen LogP contribution in [-0.4, -0.2) is 19.7 Å². The van der Waals surface area contributed by atoms with Gasteiger partial charge in [-0.3, -0.25) is 4.79 Å². The SMILES string of the molecule is Cc1ccc(S(=O)(=O)NC(C)(C)C)c(C(C)C(=O)c2ccccc2)c1. The number of Topliss-reactive ketones (excluding diaryl/α,β-unsaturated/α-hetero) is 1. The Morgan fingerprint density at radius 3 is 2.20 bits per heavy atom. The van der Waals surface area contributed by atoms with Gasteiger partial charge in [0.25, 0.3) is 0 Å². The fraction of sp³-hybridized carbons (Fsp3) is 0.350. The van der Waals surface area contributed by atoms with Crippen LogP contribution in [0.4, 0.5) is 0 Å². The van der Waals surface area contributed by atoms with Gasteiger partial charge in [-0.2, -0.15) is 0 Å². The molecule has 1 atom stereocenters. The molecule has 134 valence electrons. The first-order valence-electron chi connectivity index (χ1n) is 8.25. The fourth-order valence-electron chi connectivity index (χ4n) is 2.70. The van der Waals surface area contributed by atoms with Crippen molar-refractivity contribution in [3.05, 3.63) is 65.2 Å². The van der Waals surface area contributed by atoms with E-state index in [4.69, 9.17) is 0 Å². The first-order chi connectivity index (χ1) is 11.5. The van der Waals surface area contributed by atoms with Crippen LogP contribution in [-0.2, 0) is 10.0 Å². The summed E-state index contributed by atoms with van der Waals surface area (Å²) in [6, 6.07) is 14.0. The molecule has 0 radical (unpaired) electrons.